The van der Waals surface area contributed by atoms with Gasteiger partial charge in [0.25, 0.3) is 0 Å². The van der Waals surface area contributed by atoms with Crippen LogP contribution < -0.4 is 5.32 Å². The maximum Gasteiger partial charge on any atom is 0.0441 e. The van der Waals surface area contributed by atoms with Gasteiger partial charge in [0.15, 0.2) is 0 Å². The first-order valence-corrected chi connectivity index (χ1v) is 8.22. The van der Waals surface area contributed by atoms with Gasteiger partial charge in [0, 0.05) is 17.5 Å². The van der Waals surface area contributed by atoms with E-state index in [0.717, 1.165) is 24.5 Å². The molecule has 2 atom stereocenters. The van der Waals surface area contributed by atoms with Crippen molar-refractivity contribution in [2.75, 3.05) is 13.1 Å². The third-order valence-corrected chi connectivity index (χ3v) is 4.97. The van der Waals surface area contributed by atoms with Gasteiger partial charge in [-0.25, -0.2) is 0 Å². The second-order valence-electron chi connectivity index (χ2n) is 5.78. The zero-order valence-electron chi connectivity index (χ0n) is 12.5. The Balaban J connectivity index is 2.01. The minimum Gasteiger partial charge on any atom is -0.316 e. The number of halogens is 1. The summed E-state index contributed by atoms with van der Waals surface area (Å²) in [5, 5.41) is 4.43. The smallest absolute Gasteiger partial charge is 0.0441 e. The summed E-state index contributed by atoms with van der Waals surface area (Å²) in [5.41, 5.74) is 4.26. The lowest BCUT2D eigenvalue weighted by Gasteiger charge is -2.34. The van der Waals surface area contributed by atoms with Crippen molar-refractivity contribution in [1.29, 1.82) is 0 Å². The number of piperidine rings is 1. The molecule has 2 unspecified atom stereocenters. The normalized spacial score (nSPS) is 22.2. The standard InChI is InChI=1S/C19H22ClN/c1-2-14-7-3-4-8-15(14)16-11-12-21-13-18(16)17-9-5-6-10-19(17)20/h3-10,16,18,21H,2,11-13H2,1H3. The van der Waals surface area contributed by atoms with E-state index < -0.39 is 0 Å². The van der Waals surface area contributed by atoms with E-state index in [1.807, 2.05) is 12.1 Å². The number of hydrogen-bond acceptors (Lipinski definition) is 1. The molecule has 1 aliphatic rings. The van der Waals surface area contributed by atoms with E-state index in [4.69, 9.17) is 11.6 Å². The van der Waals surface area contributed by atoms with Crippen molar-refractivity contribution in [2.45, 2.75) is 31.6 Å². The van der Waals surface area contributed by atoms with Crippen LogP contribution in [0.3, 0.4) is 0 Å². The molecule has 0 saturated carbocycles. The molecule has 1 nitrogen and oxygen atoms in total. The van der Waals surface area contributed by atoms with Gasteiger partial charge in [0.1, 0.15) is 0 Å². The molecule has 2 heteroatoms. The van der Waals surface area contributed by atoms with E-state index in [2.05, 4.69) is 48.6 Å². The molecule has 21 heavy (non-hydrogen) atoms. The Hall–Kier alpha value is -1.31. The molecule has 110 valence electrons. The van der Waals surface area contributed by atoms with Crippen molar-refractivity contribution < 1.29 is 0 Å². The third-order valence-electron chi connectivity index (χ3n) is 4.62. The molecule has 0 aromatic heterocycles. The highest BCUT2D eigenvalue weighted by Gasteiger charge is 2.29. The van der Waals surface area contributed by atoms with Crippen LogP contribution in [0.4, 0.5) is 0 Å². The first-order chi connectivity index (χ1) is 10.3. The maximum atomic E-state index is 6.46. The van der Waals surface area contributed by atoms with Crippen molar-refractivity contribution in [1.82, 2.24) is 5.32 Å². The predicted molar refractivity (Wildman–Crippen MR) is 90.2 cm³/mol. The molecule has 2 aromatic carbocycles. The number of aryl methyl sites for hydroxylation is 1. The van der Waals surface area contributed by atoms with Gasteiger partial charge in [0.2, 0.25) is 0 Å². The van der Waals surface area contributed by atoms with E-state index in [0.29, 0.717) is 11.8 Å². The molecule has 0 bridgehead atoms. The lowest BCUT2D eigenvalue weighted by atomic mass is 9.75. The number of hydrogen-bond donors (Lipinski definition) is 1. The molecule has 0 radical (unpaired) electrons. The second-order valence-corrected chi connectivity index (χ2v) is 6.19. The Morgan fingerprint density at radius 2 is 1.71 bits per heavy atom. The average molecular weight is 300 g/mol. The van der Waals surface area contributed by atoms with Crippen LogP contribution in [0, 0.1) is 0 Å². The highest BCUT2D eigenvalue weighted by molar-refractivity contribution is 6.31. The maximum absolute atomic E-state index is 6.46. The summed E-state index contributed by atoms with van der Waals surface area (Å²) in [4.78, 5) is 0. The molecule has 1 aliphatic heterocycles. The van der Waals surface area contributed by atoms with Crippen LogP contribution >= 0.6 is 11.6 Å². The van der Waals surface area contributed by atoms with Gasteiger partial charge in [-0.3, -0.25) is 0 Å². The fourth-order valence-electron chi connectivity index (χ4n) is 3.55. The SMILES string of the molecule is CCc1ccccc1C1CCNCC1c1ccccc1Cl. The van der Waals surface area contributed by atoms with Crippen molar-refractivity contribution in [2.24, 2.45) is 0 Å². The van der Waals surface area contributed by atoms with Crippen LogP contribution in [0.5, 0.6) is 0 Å². The number of rotatable bonds is 3. The van der Waals surface area contributed by atoms with Crippen molar-refractivity contribution in [3.63, 3.8) is 0 Å². The summed E-state index contributed by atoms with van der Waals surface area (Å²) in [6.07, 6.45) is 2.27. The van der Waals surface area contributed by atoms with Crippen LogP contribution in [0.2, 0.25) is 5.02 Å². The fourth-order valence-corrected chi connectivity index (χ4v) is 3.83. The molecule has 1 fully saturated rings. The molecule has 1 heterocycles. The average Bonchev–Trinajstić information content (AvgIpc) is 2.55. The summed E-state index contributed by atoms with van der Waals surface area (Å²) >= 11 is 6.46. The van der Waals surface area contributed by atoms with Crippen molar-refractivity contribution >= 4 is 11.6 Å². The van der Waals surface area contributed by atoms with Crippen molar-refractivity contribution in [3.05, 3.63) is 70.2 Å². The van der Waals surface area contributed by atoms with E-state index >= 15 is 0 Å². The minimum atomic E-state index is 0.458. The largest absolute Gasteiger partial charge is 0.316 e. The molecule has 0 amide bonds. The Morgan fingerprint density at radius 3 is 2.48 bits per heavy atom. The molecule has 3 rings (SSSR count). The van der Waals surface area contributed by atoms with Crippen LogP contribution in [-0.4, -0.2) is 13.1 Å². The Morgan fingerprint density at radius 1 is 1.00 bits per heavy atom. The van der Waals surface area contributed by atoms with Gasteiger partial charge in [-0.15, -0.1) is 0 Å². The third kappa shape index (κ3) is 3.00. The second kappa shape index (κ2) is 6.64. The zero-order valence-corrected chi connectivity index (χ0v) is 13.2. The molecular formula is C19H22ClN. The van der Waals surface area contributed by atoms with Gasteiger partial charge in [-0.05, 0) is 48.1 Å². The van der Waals surface area contributed by atoms with Crippen LogP contribution in [0.15, 0.2) is 48.5 Å². The Labute approximate surface area is 132 Å². The molecule has 0 spiro atoms. The van der Waals surface area contributed by atoms with Gasteiger partial charge >= 0.3 is 0 Å². The lowest BCUT2D eigenvalue weighted by molar-refractivity contribution is 0.402. The minimum absolute atomic E-state index is 0.458. The van der Waals surface area contributed by atoms with Crippen LogP contribution in [0.1, 0.15) is 41.9 Å². The topological polar surface area (TPSA) is 12.0 Å². The highest BCUT2D eigenvalue weighted by atomic mass is 35.5. The molecular weight excluding hydrogens is 278 g/mol. The fraction of sp³-hybridized carbons (Fsp3) is 0.368. The predicted octanol–water partition coefficient (Wildman–Crippen LogP) is 4.76. The van der Waals surface area contributed by atoms with Crippen LogP contribution in [-0.2, 0) is 6.42 Å². The van der Waals surface area contributed by atoms with Gasteiger partial charge < -0.3 is 5.32 Å². The molecule has 1 saturated heterocycles. The van der Waals surface area contributed by atoms with Gasteiger partial charge in [-0.1, -0.05) is 61.0 Å². The summed E-state index contributed by atoms with van der Waals surface area (Å²) in [6.45, 7) is 4.33. The van der Waals surface area contributed by atoms with Gasteiger partial charge in [-0.2, -0.15) is 0 Å². The Bertz CT molecular complexity index is 608. The lowest BCUT2D eigenvalue weighted by Crippen LogP contribution is -2.34. The number of nitrogens with one attached hydrogen (secondary N) is 1. The van der Waals surface area contributed by atoms with E-state index in [9.17, 15) is 0 Å². The molecule has 1 N–H and O–H groups in total. The zero-order chi connectivity index (χ0) is 14.7. The van der Waals surface area contributed by atoms with E-state index in [1.165, 1.54) is 23.1 Å². The first-order valence-electron chi connectivity index (χ1n) is 7.84. The Kier molecular flexibility index (Phi) is 4.62. The van der Waals surface area contributed by atoms with E-state index in [-0.39, 0.29) is 0 Å². The summed E-state index contributed by atoms with van der Waals surface area (Å²) in [7, 11) is 0. The summed E-state index contributed by atoms with van der Waals surface area (Å²) in [6, 6.07) is 17.2. The first kappa shape index (κ1) is 14.6. The van der Waals surface area contributed by atoms with E-state index in [1.54, 1.807) is 0 Å². The highest BCUT2D eigenvalue weighted by Crippen LogP contribution is 2.41. The number of benzene rings is 2. The van der Waals surface area contributed by atoms with Crippen molar-refractivity contribution in [3.8, 4) is 0 Å². The van der Waals surface area contributed by atoms with Gasteiger partial charge in [0.05, 0.1) is 0 Å². The molecule has 2 aromatic rings. The molecule has 0 aliphatic carbocycles. The monoisotopic (exact) mass is 299 g/mol. The quantitative estimate of drug-likeness (QED) is 0.861. The summed E-state index contributed by atoms with van der Waals surface area (Å²) in [5.74, 6) is 1.02. The summed E-state index contributed by atoms with van der Waals surface area (Å²) < 4.78 is 0. The van der Waals surface area contributed by atoms with Crippen LogP contribution in [0.25, 0.3) is 0 Å².